The fraction of sp³-hybridized carbons (Fsp3) is 0.486. The SMILES string of the molecule is C.C.C.CCC.CCC.CCN.Cc1nc(C)n2ccnc(N)c12.Cc1nc(C)n2ccnc(N)c12.Cc1nc(C)n2ccnc(N)c12.[B]I. The van der Waals surface area contributed by atoms with E-state index in [9.17, 15) is 0 Å². The standard InChI is InChI=1S/3C8H10N4.2C3H8.C2H7N.3CH4.BI/c3*1-5-7-8(9)10-3-4-12(7)6(2)11-5;2*1-3-2;1-2-3;;;;1-2/h3*3-4H,1-2H3,(H2,9,10);2*3H2,1-2H3;2-3H2,1H3;3*1H4;. The molecule has 2 radical (unpaired) electrons. The molecular weight excluding hydrogens is 740 g/mol. The molecule has 0 aromatic carbocycles. The number of nitrogens with zero attached hydrogens (tertiary/aromatic N) is 9. The van der Waals surface area contributed by atoms with Gasteiger partial charge in [-0.2, -0.15) is 22.4 Å². The highest BCUT2D eigenvalue weighted by atomic mass is 127. The second-order valence-corrected chi connectivity index (χ2v) is 10.1. The van der Waals surface area contributed by atoms with E-state index in [1.807, 2.05) is 80.3 Å². The highest BCUT2D eigenvalue weighted by molar-refractivity contribution is 14.1. The molecule has 0 bridgehead atoms. The molecule has 50 heavy (non-hydrogen) atoms. The Hall–Kier alpha value is -3.99. The van der Waals surface area contributed by atoms with E-state index in [-0.39, 0.29) is 22.3 Å². The van der Waals surface area contributed by atoms with Gasteiger partial charge >= 0.3 is 0 Å². The summed E-state index contributed by atoms with van der Waals surface area (Å²) in [4.78, 5) is 24.9. The molecule has 6 heterocycles. The molecule has 0 fully saturated rings. The third-order valence-electron chi connectivity index (χ3n) is 5.80. The van der Waals surface area contributed by atoms with Crippen LogP contribution >= 0.6 is 22.4 Å². The van der Waals surface area contributed by atoms with E-state index in [0.717, 1.165) is 57.6 Å². The molecule has 0 aliphatic carbocycles. The summed E-state index contributed by atoms with van der Waals surface area (Å²) in [7, 11) is 0. The Labute approximate surface area is 316 Å². The van der Waals surface area contributed by atoms with Gasteiger partial charge in [0, 0.05) is 37.2 Å². The van der Waals surface area contributed by atoms with Crippen LogP contribution in [0.3, 0.4) is 0 Å². The van der Waals surface area contributed by atoms with Crippen LogP contribution < -0.4 is 22.9 Å². The zero-order valence-electron chi connectivity index (χ0n) is 29.9. The van der Waals surface area contributed by atoms with E-state index in [1.54, 1.807) is 41.0 Å². The maximum absolute atomic E-state index is 5.70. The van der Waals surface area contributed by atoms with E-state index in [1.165, 1.54) is 12.8 Å². The molecule has 0 spiro atoms. The average Bonchev–Trinajstić information content (AvgIpc) is 3.61. The van der Waals surface area contributed by atoms with E-state index in [2.05, 4.69) is 63.3 Å². The van der Waals surface area contributed by atoms with Gasteiger partial charge in [0.1, 0.15) is 51.5 Å². The van der Waals surface area contributed by atoms with Crippen LogP contribution in [0.15, 0.2) is 37.2 Å². The molecule has 8 N–H and O–H groups in total. The highest BCUT2D eigenvalue weighted by Crippen LogP contribution is 2.17. The predicted octanol–water partition coefficient (Wildman–Crippen LogP) is 8.00. The molecule has 0 saturated carbocycles. The van der Waals surface area contributed by atoms with E-state index in [4.69, 9.17) is 22.9 Å². The molecule has 0 amide bonds. The highest BCUT2D eigenvalue weighted by Gasteiger charge is 2.08. The molecule has 0 saturated heterocycles. The number of hydrogen-bond acceptors (Lipinski definition) is 10. The Kier molecular flexibility index (Phi) is 29.4. The average molecular weight is 806 g/mol. The molecule has 0 aliphatic heterocycles. The molecule has 15 heteroatoms. The van der Waals surface area contributed by atoms with Crippen molar-refractivity contribution in [3.05, 3.63) is 71.7 Å². The van der Waals surface area contributed by atoms with Crippen molar-refractivity contribution < 1.29 is 0 Å². The first-order valence-corrected chi connectivity index (χ1v) is 16.7. The van der Waals surface area contributed by atoms with Crippen LogP contribution in [0.1, 0.15) is 104 Å². The molecule has 6 aromatic rings. The van der Waals surface area contributed by atoms with Crippen molar-refractivity contribution >= 4 is 62.1 Å². The van der Waals surface area contributed by atoms with Crippen LogP contribution in [0.2, 0.25) is 0 Å². The van der Waals surface area contributed by atoms with Crippen LogP contribution in [0.4, 0.5) is 17.5 Å². The van der Waals surface area contributed by atoms with Gasteiger partial charge in [-0.1, -0.05) is 69.7 Å². The van der Waals surface area contributed by atoms with Crippen LogP contribution in [0.5, 0.6) is 0 Å². The maximum atomic E-state index is 5.70. The van der Waals surface area contributed by atoms with Gasteiger partial charge in [-0.25, -0.2) is 29.9 Å². The number of fused-ring (bicyclic) bond motifs is 3. The van der Waals surface area contributed by atoms with Gasteiger partial charge in [0.25, 0.3) is 0 Å². The molecule has 0 atom stereocenters. The monoisotopic (exact) mass is 805 g/mol. The van der Waals surface area contributed by atoms with Crippen LogP contribution in [0.25, 0.3) is 16.6 Å². The van der Waals surface area contributed by atoms with Crippen molar-refractivity contribution in [3.8, 4) is 0 Å². The number of halogens is 1. The molecule has 13 nitrogen and oxygen atoms in total. The van der Waals surface area contributed by atoms with Crippen LogP contribution in [-0.2, 0) is 0 Å². The predicted molar refractivity (Wildman–Crippen MR) is 227 cm³/mol. The third-order valence-corrected chi connectivity index (χ3v) is 5.80. The normalized spacial score (nSPS) is 8.98. The largest absolute Gasteiger partial charge is 0.382 e. The number of nitrogens with two attached hydrogens (primary N) is 4. The molecule has 0 aliphatic rings. The Balaban J connectivity index is -0.000000270. The lowest BCUT2D eigenvalue weighted by molar-refractivity contribution is 1.03. The topological polar surface area (TPSA) is 195 Å². The van der Waals surface area contributed by atoms with Gasteiger partial charge < -0.3 is 22.9 Å². The molecular formula is C35H65BIN13. The van der Waals surface area contributed by atoms with Gasteiger partial charge in [-0.3, -0.25) is 13.2 Å². The number of hydrogen-bond donors (Lipinski definition) is 4. The summed E-state index contributed by atoms with van der Waals surface area (Å²) in [6, 6.07) is 0. The van der Waals surface area contributed by atoms with Crippen molar-refractivity contribution in [2.45, 2.75) is 111 Å². The molecule has 6 aromatic heterocycles. The summed E-state index contributed by atoms with van der Waals surface area (Å²) in [6.07, 6.45) is 13.1. The zero-order valence-corrected chi connectivity index (χ0v) is 32.0. The first kappa shape index (κ1) is 52.8. The second-order valence-electron chi connectivity index (χ2n) is 10.1. The molecule has 6 rings (SSSR count). The summed E-state index contributed by atoms with van der Waals surface area (Å²) in [6.45, 7) is 22.8. The lowest BCUT2D eigenvalue weighted by atomic mass is 10.4. The lowest BCUT2D eigenvalue weighted by Crippen LogP contribution is -1.95. The number of imidazole rings is 3. The summed E-state index contributed by atoms with van der Waals surface area (Å²) in [5.74, 6) is 4.44. The Morgan fingerprint density at radius 3 is 0.860 bits per heavy atom. The van der Waals surface area contributed by atoms with Crippen molar-refractivity contribution in [3.63, 3.8) is 0 Å². The van der Waals surface area contributed by atoms with Gasteiger partial charge in [-0.15, -0.1) is 0 Å². The van der Waals surface area contributed by atoms with E-state index >= 15 is 0 Å². The van der Waals surface area contributed by atoms with Crippen LogP contribution in [-0.4, -0.2) is 55.4 Å². The minimum atomic E-state index is 0. The maximum Gasteiger partial charge on any atom is 0.169 e. The third kappa shape index (κ3) is 14.9. The molecule has 0 unspecified atom stereocenters. The van der Waals surface area contributed by atoms with Gasteiger partial charge in [-0.05, 0) is 48.1 Å². The Morgan fingerprint density at radius 2 is 0.700 bits per heavy atom. The fourth-order valence-corrected chi connectivity index (χ4v) is 4.25. The van der Waals surface area contributed by atoms with Crippen molar-refractivity contribution in [2.75, 3.05) is 23.7 Å². The van der Waals surface area contributed by atoms with E-state index in [0.29, 0.717) is 17.5 Å². The minimum absolute atomic E-state index is 0. The van der Waals surface area contributed by atoms with Gasteiger partial charge in [0.2, 0.25) is 0 Å². The lowest BCUT2D eigenvalue weighted by Gasteiger charge is -1.97. The van der Waals surface area contributed by atoms with E-state index < -0.39 is 0 Å². The first-order valence-electron chi connectivity index (χ1n) is 15.4. The van der Waals surface area contributed by atoms with Gasteiger partial charge in [0.15, 0.2) is 5.70 Å². The second kappa shape index (κ2) is 27.8. The quantitative estimate of drug-likeness (QED) is 0.0863. The van der Waals surface area contributed by atoms with Crippen LogP contribution in [0, 0.1) is 41.5 Å². The van der Waals surface area contributed by atoms with Gasteiger partial charge in [0.05, 0.1) is 17.1 Å². The van der Waals surface area contributed by atoms with Crippen molar-refractivity contribution in [2.24, 2.45) is 5.73 Å². The summed E-state index contributed by atoms with van der Waals surface area (Å²) < 4.78 is 5.83. The smallest absolute Gasteiger partial charge is 0.169 e. The summed E-state index contributed by atoms with van der Waals surface area (Å²) in [5.41, 5.74) is 31.9. The number of anilines is 3. The summed E-state index contributed by atoms with van der Waals surface area (Å²) >= 11 is 1.65. The number of nitrogen functional groups attached to an aromatic ring is 3. The fourth-order valence-electron chi connectivity index (χ4n) is 4.25. The Morgan fingerprint density at radius 1 is 0.520 bits per heavy atom. The molecule has 280 valence electrons. The zero-order chi connectivity index (χ0) is 36.3. The first-order chi connectivity index (χ1) is 22.3. The number of aryl methyl sites for hydroxylation is 6. The number of rotatable bonds is 0. The van der Waals surface area contributed by atoms with Crippen molar-refractivity contribution in [1.82, 2.24) is 43.1 Å². The number of aromatic nitrogens is 9. The minimum Gasteiger partial charge on any atom is -0.382 e. The summed E-state index contributed by atoms with van der Waals surface area (Å²) in [5, 5.41) is 0. The van der Waals surface area contributed by atoms with Crippen molar-refractivity contribution in [1.29, 1.82) is 0 Å². The Bertz CT molecular complexity index is 1560.